The zero-order valence-electron chi connectivity index (χ0n) is 8.84. The molecule has 0 aromatic heterocycles. The van der Waals surface area contributed by atoms with Gasteiger partial charge >= 0.3 is 8.80 Å². The van der Waals surface area contributed by atoms with Crippen molar-refractivity contribution >= 4 is 8.80 Å². The quantitative estimate of drug-likeness (QED) is 0.448. The second-order valence-corrected chi connectivity index (χ2v) is 5.12. The molecular weight excluding hydrogens is 184 g/mol. The van der Waals surface area contributed by atoms with E-state index < -0.39 is 8.80 Å². The maximum absolute atomic E-state index is 5.57. The molecule has 0 aliphatic rings. The van der Waals surface area contributed by atoms with Gasteiger partial charge in [-0.15, -0.1) is 6.58 Å². The summed E-state index contributed by atoms with van der Waals surface area (Å²) < 4.78 is 16.7. The van der Waals surface area contributed by atoms with Crippen LogP contribution in [0.15, 0.2) is 12.7 Å². The lowest BCUT2D eigenvalue weighted by Gasteiger charge is -2.27. The molecule has 0 aromatic carbocycles. The maximum Gasteiger partial charge on any atom is 0.504 e. The molecular formula is C9H20O3Si. The standard InChI is InChI=1S/C9H20O3Si/c1-5-9-13(10-6-2,11-7-3)12-8-4/h5H,1,6-9H2,2-4H3. The molecule has 78 valence electrons. The van der Waals surface area contributed by atoms with Crippen molar-refractivity contribution in [2.45, 2.75) is 26.8 Å². The number of hydrogen-bond acceptors (Lipinski definition) is 3. The van der Waals surface area contributed by atoms with Gasteiger partial charge in [0.05, 0.1) is 0 Å². The van der Waals surface area contributed by atoms with Crippen LogP contribution < -0.4 is 0 Å². The topological polar surface area (TPSA) is 27.7 Å². The molecule has 0 radical (unpaired) electrons. The Morgan fingerprint density at radius 2 is 1.38 bits per heavy atom. The second kappa shape index (κ2) is 7.26. The average Bonchev–Trinajstić information content (AvgIpc) is 2.06. The Morgan fingerprint density at radius 3 is 1.62 bits per heavy atom. The molecule has 13 heavy (non-hydrogen) atoms. The highest BCUT2D eigenvalue weighted by Crippen LogP contribution is 2.15. The second-order valence-electron chi connectivity index (χ2n) is 2.47. The summed E-state index contributed by atoms with van der Waals surface area (Å²) >= 11 is 0. The molecule has 0 saturated carbocycles. The SMILES string of the molecule is C=CC[Si](OCC)(OCC)OCC. The number of hydrogen-bond donors (Lipinski definition) is 0. The van der Waals surface area contributed by atoms with Crippen LogP contribution in [0.1, 0.15) is 20.8 Å². The summed E-state index contributed by atoms with van der Waals surface area (Å²) in [4.78, 5) is 0. The van der Waals surface area contributed by atoms with Crippen LogP contribution in [-0.4, -0.2) is 28.6 Å². The van der Waals surface area contributed by atoms with Crippen molar-refractivity contribution in [3.63, 3.8) is 0 Å². The molecule has 0 atom stereocenters. The molecule has 0 aromatic rings. The highest BCUT2D eigenvalue weighted by Gasteiger charge is 2.38. The van der Waals surface area contributed by atoms with E-state index in [0.717, 1.165) is 0 Å². The van der Waals surface area contributed by atoms with Gasteiger partial charge in [0.2, 0.25) is 0 Å². The average molecular weight is 204 g/mol. The van der Waals surface area contributed by atoms with Crippen LogP contribution in [0.4, 0.5) is 0 Å². The summed E-state index contributed by atoms with van der Waals surface area (Å²) in [5.74, 6) is 0. The van der Waals surface area contributed by atoms with Crippen LogP contribution in [0.2, 0.25) is 6.04 Å². The van der Waals surface area contributed by atoms with Crippen molar-refractivity contribution in [1.29, 1.82) is 0 Å². The minimum Gasteiger partial charge on any atom is -0.374 e. The molecule has 0 unspecified atom stereocenters. The molecule has 4 heteroatoms. The normalized spacial score (nSPS) is 11.6. The van der Waals surface area contributed by atoms with Crippen LogP contribution in [0.3, 0.4) is 0 Å². The Labute approximate surface area is 82.1 Å². The van der Waals surface area contributed by atoms with E-state index in [-0.39, 0.29) is 0 Å². The van der Waals surface area contributed by atoms with Gasteiger partial charge in [-0.05, 0) is 20.8 Å². The first-order chi connectivity index (χ1) is 6.24. The largest absolute Gasteiger partial charge is 0.504 e. The summed E-state index contributed by atoms with van der Waals surface area (Å²) in [5, 5.41) is 0. The first kappa shape index (κ1) is 12.8. The van der Waals surface area contributed by atoms with Crippen molar-refractivity contribution in [2.75, 3.05) is 19.8 Å². The Balaban J connectivity index is 4.27. The zero-order chi connectivity index (χ0) is 10.2. The van der Waals surface area contributed by atoms with Crippen molar-refractivity contribution in [3.05, 3.63) is 12.7 Å². The van der Waals surface area contributed by atoms with Gasteiger partial charge < -0.3 is 13.3 Å². The fourth-order valence-electron chi connectivity index (χ4n) is 1.14. The van der Waals surface area contributed by atoms with Gasteiger partial charge in [0.15, 0.2) is 0 Å². The first-order valence-electron chi connectivity index (χ1n) is 4.77. The monoisotopic (exact) mass is 204 g/mol. The number of rotatable bonds is 8. The van der Waals surface area contributed by atoms with Gasteiger partial charge in [-0.1, -0.05) is 6.08 Å². The van der Waals surface area contributed by atoms with Crippen molar-refractivity contribution in [1.82, 2.24) is 0 Å². The van der Waals surface area contributed by atoms with E-state index in [1.54, 1.807) is 6.08 Å². The van der Waals surface area contributed by atoms with E-state index in [4.69, 9.17) is 13.3 Å². The molecule has 0 aliphatic carbocycles. The zero-order valence-corrected chi connectivity index (χ0v) is 9.84. The molecule has 0 heterocycles. The molecule has 0 bridgehead atoms. The molecule has 0 fully saturated rings. The maximum atomic E-state index is 5.57. The first-order valence-corrected chi connectivity index (χ1v) is 6.70. The third-order valence-electron chi connectivity index (χ3n) is 1.49. The predicted molar refractivity (Wildman–Crippen MR) is 55.6 cm³/mol. The van der Waals surface area contributed by atoms with E-state index in [1.165, 1.54) is 0 Å². The van der Waals surface area contributed by atoms with E-state index in [1.807, 2.05) is 20.8 Å². The van der Waals surface area contributed by atoms with Gasteiger partial charge in [-0.3, -0.25) is 0 Å². The van der Waals surface area contributed by atoms with E-state index in [0.29, 0.717) is 25.9 Å². The van der Waals surface area contributed by atoms with Gasteiger partial charge in [-0.25, -0.2) is 0 Å². The van der Waals surface area contributed by atoms with Crippen LogP contribution >= 0.6 is 0 Å². The van der Waals surface area contributed by atoms with E-state index in [9.17, 15) is 0 Å². The van der Waals surface area contributed by atoms with Crippen molar-refractivity contribution in [3.8, 4) is 0 Å². The van der Waals surface area contributed by atoms with Gasteiger partial charge in [0.1, 0.15) is 0 Å². The fourth-order valence-corrected chi connectivity index (χ4v) is 3.41. The molecule has 0 amide bonds. The van der Waals surface area contributed by atoms with E-state index in [2.05, 4.69) is 6.58 Å². The van der Waals surface area contributed by atoms with Crippen LogP contribution in [-0.2, 0) is 13.3 Å². The Morgan fingerprint density at radius 1 is 1.00 bits per heavy atom. The van der Waals surface area contributed by atoms with Gasteiger partial charge in [0.25, 0.3) is 0 Å². The molecule has 0 aliphatic heterocycles. The molecule has 0 N–H and O–H groups in total. The van der Waals surface area contributed by atoms with Gasteiger partial charge in [-0.2, -0.15) is 0 Å². The Kier molecular flexibility index (Phi) is 7.17. The summed E-state index contributed by atoms with van der Waals surface area (Å²) in [6.07, 6.45) is 1.80. The van der Waals surface area contributed by atoms with Crippen molar-refractivity contribution < 1.29 is 13.3 Å². The minimum absolute atomic E-state index is 0.625. The lowest BCUT2D eigenvalue weighted by molar-refractivity contribution is 0.0743. The molecule has 3 nitrogen and oxygen atoms in total. The molecule has 0 saturated heterocycles. The molecule has 0 spiro atoms. The third-order valence-corrected chi connectivity index (χ3v) is 4.46. The third kappa shape index (κ3) is 4.57. The van der Waals surface area contributed by atoms with Crippen LogP contribution in [0.5, 0.6) is 0 Å². The van der Waals surface area contributed by atoms with Crippen LogP contribution in [0, 0.1) is 0 Å². The summed E-state index contributed by atoms with van der Waals surface area (Å²) in [6.45, 7) is 11.4. The summed E-state index contributed by atoms with van der Waals surface area (Å²) in [5.41, 5.74) is 0. The van der Waals surface area contributed by atoms with Gasteiger partial charge in [0, 0.05) is 25.9 Å². The van der Waals surface area contributed by atoms with Crippen molar-refractivity contribution in [2.24, 2.45) is 0 Å². The molecule has 0 rings (SSSR count). The Bertz CT molecular complexity index is 122. The fraction of sp³-hybridized carbons (Fsp3) is 0.778. The van der Waals surface area contributed by atoms with E-state index >= 15 is 0 Å². The lowest BCUT2D eigenvalue weighted by atomic mass is 10.8. The highest BCUT2D eigenvalue weighted by molar-refractivity contribution is 6.61. The lowest BCUT2D eigenvalue weighted by Crippen LogP contribution is -2.45. The number of allylic oxidation sites excluding steroid dienone is 1. The minimum atomic E-state index is -2.41. The highest BCUT2D eigenvalue weighted by atomic mass is 28.4. The smallest absolute Gasteiger partial charge is 0.374 e. The summed E-state index contributed by atoms with van der Waals surface area (Å²) in [6, 6.07) is 0.683. The van der Waals surface area contributed by atoms with Crippen LogP contribution in [0.25, 0.3) is 0 Å². The summed E-state index contributed by atoms with van der Waals surface area (Å²) in [7, 11) is -2.41. The predicted octanol–water partition coefficient (Wildman–Crippen LogP) is 2.22. The Hall–Kier alpha value is -0.163.